The van der Waals surface area contributed by atoms with Crippen LogP contribution in [-0.4, -0.2) is 23.6 Å². The summed E-state index contributed by atoms with van der Waals surface area (Å²) in [7, 11) is 0. The van der Waals surface area contributed by atoms with Crippen molar-refractivity contribution in [3.05, 3.63) is 0 Å². The van der Waals surface area contributed by atoms with Crippen molar-refractivity contribution in [1.82, 2.24) is 0 Å². The summed E-state index contributed by atoms with van der Waals surface area (Å²) >= 11 is 0. The van der Waals surface area contributed by atoms with Gasteiger partial charge in [0.05, 0.1) is 0 Å². The third-order valence-corrected chi connectivity index (χ3v) is 1.14. The van der Waals surface area contributed by atoms with E-state index in [1.54, 1.807) is 0 Å². The van der Waals surface area contributed by atoms with E-state index in [-0.39, 0.29) is 5.78 Å². The molecular formula is C7H10O4. The van der Waals surface area contributed by atoms with Gasteiger partial charge in [0.15, 0.2) is 11.9 Å². The lowest BCUT2D eigenvalue weighted by Crippen LogP contribution is -2.25. The standard InChI is InChI=1S/C7H10O4/c1-4(8)6(3)11-7(10)5(2)9/h6H,1-3H3. The minimum Gasteiger partial charge on any atom is -0.449 e. The highest BCUT2D eigenvalue weighted by Gasteiger charge is 2.16. The normalized spacial score (nSPS) is 11.9. The van der Waals surface area contributed by atoms with E-state index in [0.717, 1.165) is 6.92 Å². The number of esters is 1. The van der Waals surface area contributed by atoms with Gasteiger partial charge in [-0.2, -0.15) is 0 Å². The highest BCUT2D eigenvalue weighted by Crippen LogP contribution is 1.93. The lowest BCUT2D eigenvalue weighted by molar-refractivity contribution is -0.159. The van der Waals surface area contributed by atoms with Crippen molar-refractivity contribution < 1.29 is 19.1 Å². The summed E-state index contributed by atoms with van der Waals surface area (Å²) in [6.45, 7) is 3.80. The minimum atomic E-state index is -0.965. The second-order valence-corrected chi connectivity index (χ2v) is 2.21. The number of hydrogen-bond donors (Lipinski definition) is 0. The highest BCUT2D eigenvalue weighted by atomic mass is 16.5. The van der Waals surface area contributed by atoms with Gasteiger partial charge in [0.2, 0.25) is 5.78 Å². The van der Waals surface area contributed by atoms with E-state index in [0.29, 0.717) is 0 Å². The first-order valence-corrected chi connectivity index (χ1v) is 3.17. The third-order valence-electron chi connectivity index (χ3n) is 1.14. The molecule has 0 aliphatic carbocycles. The molecule has 0 spiro atoms. The van der Waals surface area contributed by atoms with Crippen LogP contribution in [0.4, 0.5) is 0 Å². The van der Waals surface area contributed by atoms with Crippen LogP contribution in [0.3, 0.4) is 0 Å². The maximum atomic E-state index is 10.5. The van der Waals surface area contributed by atoms with Crippen LogP contribution in [0.5, 0.6) is 0 Å². The fourth-order valence-corrected chi connectivity index (χ4v) is 0.327. The Kier molecular flexibility index (Phi) is 3.44. The van der Waals surface area contributed by atoms with E-state index in [1.165, 1.54) is 13.8 Å². The third kappa shape index (κ3) is 3.50. The zero-order valence-electron chi connectivity index (χ0n) is 6.71. The predicted molar refractivity (Wildman–Crippen MR) is 36.9 cm³/mol. The van der Waals surface area contributed by atoms with Crippen molar-refractivity contribution in [2.24, 2.45) is 0 Å². The summed E-state index contributed by atoms with van der Waals surface area (Å²) in [5.74, 6) is -1.94. The zero-order chi connectivity index (χ0) is 9.02. The van der Waals surface area contributed by atoms with Crippen molar-refractivity contribution in [3.63, 3.8) is 0 Å². The van der Waals surface area contributed by atoms with Gasteiger partial charge in [-0.15, -0.1) is 0 Å². The Morgan fingerprint density at radius 3 is 1.91 bits per heavy atom. The molecule has 0 aromatic carbocycles. The molecular weight excluding hydrogens is 148 g/mol. The van der Waals surface area contributed by atoms with E-state index in [1.807, 2.05) is 0 Å². The van der Waals surface area contributed by atoms with Gasteiger partial charge in [-0.3, -0.25) is 9.59 Å². The Hall–Kier alpha value is -1.19. The fraction of sp³-hybridized carbons (Fsp3) is 0.571. The van der Waals surface area contributed by atoms with Crippen LogP contribution in [0.2, 0.25) is 0 Å². The first kappa shape index (κ1) is 9.81. The van der Waals surface area contributed by atoms with Gasteiger partial charge in [0, 0.05) is 6.92 Å². The van der Waals surface area contributed by atoms with E-state index >= 15 is 0 Å². The van der Waals surface area contributed by atoms with E-state index in [9.17, 15) is 14.4 Å². The van der Waals surface area contributed by atoms with Gasteiger partial charge in [-0.1, -0.05) is 0 Å². The van der Waals surface area contributed by atoms with Crippen LogP contribution in [0.1, 0.15) is 20.8 Å². The lowest BCUT2D eigenvalue weighted by Gasteiger charge is -2.06. The molecule has 0 saturated heterocycles. The predicted octanol–water partition coefficient (Wildman–Crippen LogP) is 0.0961. The Bertz CT molecular complexity index is 195. The number of ketones is 2. The van der Waals surface area contributed by atoms with Crippen LogP contribution >= 0.6 is 0 Å². The summed E-state index contributed by atoms with van der Waals surface area (Å²) in [4.78, 5) is 31.4. The van der Waals surface area contributed by atoms with Crippen molar-refractivity contribution in [3.8, 4) is 0 Å². The average Bonchev–Trinajstić information content (AvgIpc) is 1.87. The van der Waals surface area contributed by atoms with Crippen LogP contribution in [0.25, 0.3) is 0 Å². The SMILES string of the molecule is CC(=O)C(=O)OC(C)C(C)=O. The monoisotopic (exact) mass is 158 g/mol. The van der Waals surface area contributed by atoms with E-state index in [4.69, 9.17) is 0 Å². The second kappa shape index (κ2) is 3.85. The maximum absolute atomic E-state index is 10.5. The Morgan fingerprint density at radius 2 is 1.64 bits per heavy atom. The quantitative estimate of drug-likeness (QED) is 0.431. The van der Waals surface area contributed by atoms with Crippen molar-refractivity contribution in [2.45, 2.75) is 26.9 Å². The number of carbonyl (C=O) groups is 3. The minimum absolute atomic E-state index is 0.278. The zero-order valence-corrected chi connectivity index (χ0v) is 6.71. The molecule has 0 aromatic heterocycles. The number of ether oxygens (including phenoxy) is 1. The molecule has 0 aliphatic heterocycles. The molecule has 0 fully saturated rings. The Morgan fingerprint density at radius 1 is 1.18 bits per heavy atom. The maximum Gasteiger partial charge on any atom is 0.374 e. The molecule has 1 atom stereocenters. The molecule has 0 rings (SSSR count). The lowest BCUT2D eigenvalue weighted by atomic mass is 10.3. The Labute approximate surface area is 64.5 Å². The molecule has 1 unspecified atom stereocenters. The molecule has 62 valence electrons. The molecule has 4 nitrogen and oxygen atoms in total. The van der Waals surface area contributed by atoms with Gasteiger partial charge in [0.25, 0.3) is 0 Å². The first-order valence-electron chi connectivity index (χ1n) is 3.17. The fourth-order valence-electron chi connectivity index (χ4n) is 0.327. The van der Waals surface area contributed by atoms with E-state index < -0.39 is 17.9 Å². The summed E-state index contributed by atoms with van der Waals surface area (Å²) in [6, 6.07) is 0. The number of hydrogen-bond acceptors (Lipinski definition) is 4. The van der Waals surface area contributed by atoms with Crippen LogP contribution in [-0.2, 0) is 19.1 Å². The van der Waals surface area contributed by atoms with Gasteiger partial charge in [-0.25, -0.2) is 4.79 Å². The van der Waals surface area contributed by atoms with E-state index in [2.05, 4.69) is 4.74 Å². The topological polar surface area (TPSA) is 60.4 Å². The summed E-state index contributed by atoms with van der Waals surface area (Å²) in [5, 5.41) is 0. The van der Waals surface area contributed by atoms with Crippen molar-refractivity contribution in [1.29, 1.82) is 0 Å². The van der Waals surface area contributed by atoms with Crippen LogP contribution in [0, 0.1) is 0 Å². The molecule has 0 amide bonds. The molecule has 0 heterocycles. The van der Waals surface area contributed by atoms with Crippen molar-refractivity contribution >= 4 is 17.5 Å². The van der Waals surface area contributed by atoms with Crippen LogP contribution in [0.15, 0.2) is 0 Å². The van der Waals surface area contributed by atoms with Gasteiger partial charge in [0.1, 0.15) is 0 Å². The summed E-state index contributed by atoms with van der Waals surface area (Å²) < 4.78 is 4.44. The largest absolute Gasteiger partial charge is 0.449 e. The second-order valence-electron chi connectivity index (χ2n) is 2.21. The molecule has 0 aliphatic rings. The van der Waals surface area contributed by atoms with Gasteiger partial charge < -0.3 is 4.74 Å². The molecule has 0 saturated carbocycles. The molecule has 11 heavy (non-hydrogen) atoms. The Balaban J connectivity index is 3.95. The van der Waals surface area contributed by atoms with Gasteiger partial charge >= 0.3 is 5.97 Å². The van der Waals surface area contributed by atoms with Crippen LogP contribution < -0.4 is 0 Å². The molecule has 0 aromatic rings. The molecule has 0 radical (unpaired) electrons. The first-order chi connectivity index (χ1) is 4.95. The molecule has 0 bridgehead atoms. The number of carbonyl (C=O) groups excluding carboxylic acids is 3. The number of Topliss-reactive ketones (excluding diaryl/α,β-unsaturated/α-hetero) is 2. The highest BCUT2D eigenvalue weighted by molar-refractivity contribution is 6.32. The molecule has 4 heteroatoms. The summed E-state index contributed by atoms with van der Waals surface area (Å²) in [5.41, 5.74) is 0. The smallest absolute Gasteiger partial charge is 0.374 e. The molecule has 0 N–H and O–H groups in total. The average molecular weight is 158 g/mol. The van der Waals surface area contributed by atoms with Crippen molar-refractivity contribution in [2.75, 3.05) is 0 Å². The van der Waals surface area contributed by atoms with Gasteiger partial charge in [-0.05, 0) is 13.8 Å². The number of rotatable bonds is 3. The summed E-state index contributed by atoms with van der Waals surface area (Å²) in [6.07, 6.45) is -0.827.